The number of hydrogen-bond donors (Lipinski definition) is 1. The van der Waals surface area contributed by atoms with Gasteiger partial charge in [-0.05, 0) is 172 Å². The van der Waals surface area contributed by atoms with Gasteiger partial charge in [0.05, 0.1) is 5.52 Å². The fourth-order valence-electron chi connectivity index (χ4n) is 13.2. The Bertz CT molecular complexity index is 3790. The van der Waals surface area contributed by atoms with Crippen molar-refractivity contribution in [3.63, 3.8) is 0 Å². The molecule has 0 saturated heterocycles. The van der Waals surface area contributed by atoms with Crippen LogP contribution in [0.3, 0.4) is 0 Å². The minimum absolute atomic E-state index is 0.0273. The Morgan fingerprint density at radius 1 is 0.521 bits per heavy atom. The van der Waals surface area contributed by atoms with Crippen LogP contribution in [0, 0.1) is 13.8 Å². The van der Waals surface area contributed by atoms with E-state index >= 15 is 0 Å². The number of anilines is 2. The highest BCUT2D eigenvalue weighted by molar-refractivity contribution is 7.25. The zero-order valence-electron chi connectivity index (χ0n) is 43.2. The van der Waals surface area contributed by atoms with E-state index in [1.807, 2.05) is 11.3 Å². The van der Waals surface area contributed by atoms with Crippen molar-refractivity contribution in [2.45, 2.75) is 122 Å². The van der Waals surface area contributed by atoms with Crippen LogP contribution in [-0.4, -0.2) is 11.8 Å². The summed E-state index contributed by atoms with van der Waals surface area (Å²) in [6.07, 6.45) is 4.73. The molecule has 8 aromatic carbocycles. The summed E-state index contributed by atoms with van der Waals surface area (Å²) in [6, 6.07) is 56.7. The van der Waals surface area contributed by atoms with Gasteiger partial charge in [0.25, 0.3) is 0 Å². The maximum Gasteiger partial charge on any atom is 0.197 e. The molecule has 3 aliphatic rings. The standard InChI is InChI=1S/C67H64BN2S/c1-39-21-24-43(25-22-39)69-55-38-59-45(46-34-50-53(37-58(46)71-59)67(9,10)30-28-64(50,3)4)32-44(55)47-33-49(60(41-17-13-11-14-18-41)42-19-15-12-16-20-42)61-48-35-51-52(66(7,8)29-27-65(51,5)6)36-57(48)70-56-26-23-40(2)31-54(56)68-62(47)63(61)70/h11-26,31-38,60,69H,27-30H2,1-10H3. The van der Waals surface area contributed by atoms with E-state index in [2.05, 4.69) is 232 Å². The minimum Gasteiger partial charge on any atom is -0.355 e. The Balaban J connectivity index is 1.21. The van der Waals surface area contributed by atoms with Crippen molar-refractivity contribution >= 4 is 82.9 Å². The Morgan fingerprint density at radius 2 is 1.06 bits per heavy atom. The Labute approximate surface area is 425 Å². The lowest BCUT2D eigenvalue weighted by Gasteiger charge is -2.42. The molecule has 0 amide bonds. The van der Waals surface area contributed by atoms with Gasteiger partial charge < -0.3 is 9.88 Å². The lowest BCUT2D eigenvalue weighted by Crippen LogP contribution is -2.38. The number of thiophene rings is 1. The first-order valence-corrected chi connectivity index (χ1v) is 26.9. The normalized spacial score (nSPS) is 17.1. The molecule has 13 rings (SSSR count). The van der Waals surface area contributed by atoms with E-state index in [0.29, 0.717) is 0 Å². The molecule has 351 valence electrons. The minimum atomic E-state index is -0.0273. The second-order valence-corrected chi connectivity index (χ2v) is 25.4. The van der Waals surface area contributed by atoms with Crippen LogP contribution < -0.4 is 16.2 Å². The van der Waals surface area contributed by atoms with Gasteiger partial charge in [-0.3, -0.25) is 0 Å². The van der Waals surface area contributed by atoms with E-state index in [1.165, 1.54) is 145 Å². The van der Waals surface area contributed by atoms with Gasteiger partial charge in [0.2, 0.25) is 0 Å². The molecule has 2 aromatic heterocycles. The molecule has 0 fully saturated rings. The molecule has 1 radical (unpaired) electrons. The number of nitrogens with zero attached hydrogens (tertiary/aromatic N) is 1. The maximum absolute atomic E-state index is 4.06. The third kappa shape index (κ3) is 6.94. The lowest BCUT2D eigenvalue weighted by molar-refractivity contribution is 0.332. The van der Waals surface area contributed by atoms with Crippen LogP contribution in [-0.2, 0) is 21.7 Å². The first-order valence-electron chi connectivity index (χ1n) is 26.1. The molecule has 0 atom stereocenters. The van der Waals surface area contributed by atoms with Crippen LogP contribution in [0.1, 0.15) is 137 Å². The van der Waals surface area contributed by atoms with E-state index in [4.69, 9.17) is 0 Å². The quantitative estimate of drug-likeness (QED) is 0.130. The predicted molar refractivity (Wildman–Crippen MR) is 308 cm³/mol. The summed E-state index contributed by atoms with van der Waals surface area (Å²) in [5.41, 5.74) is 23.9. The van der Waals surface area contributed by atoms with Gasteiger partial charge >= 0.3 is 0 Å². The van der Waals surface area contributed by atoms with Crippen molar-refractivity contribution in [2.24, 2.45) is 0 Å². The summed E-state index contributed by atoms with van der Waals surface area (Å²) in [6.45, 7) is 24.1. The summed E-state index contributed by atoms with van der Waals surface area (Å²) in [7, 11) is 2.53. The summed E-state index contributed by atoms with van der Waals surface area (Å²) in [5.74, 6) is -0.0273. The Morgan fingerprint density at radius 3 is 1.68 bits per heavy atom. The summed E-state index contributed by atoms with van der Waals surface area (Å²) in [4.78, 5) is 0. The third-order valence-electron chi connectivity index (χ3n) is 17.6. The van der Waals surface area contributed by atoms with Gasteiger partial charge in [0.15, 0.2) is 7.28 Å². The highest BCUT2D eigenvalue weighted by Crippen LogP contribution is 2.53. The van der Waals surface area contributed by atoms with Crippen molar-refractivity contribution in [3.05, 3.63) is 196 Å². The highest BCUT2D eigenvalue weighted by atomic mass is 32.1. The van der Waals surface area contributed by atoms with E-state index < -0.39 is 0 Å². The number of aromatic nitrogens is 1. The average Bonchev–Trinajstić information content (AvgIpc) is 3.88. The number of fused-ring (bicyclic) bond motifs is 10. The summed E-state index contributed by atoms with van der Waals surface area (Å²) < 4.78 is 5.36. The highest BCUT2D eigenvalue weighted by Gasteiger charge is 2.41. The molecule has 4 heteroatoms. The molecule has 2 aliphatic carbocycles. The van der Waals surface area contributed by atoms with E-state index in [-0.39, 0.29) is 27.6 Å². The largest absolute Gasteiger partial charge is 0.355 e. The van der Waals surface area contributed by atoms with E-state index in [1.54, 1.807) is 0 Å². The van der Waals surface area contributed by atoms with E-state index in [9.17, 15) is 0 Å². The van der Waals surface area contributed by atoms with Crippen molar-refractivity contribution < 1.29 is 0 Å². The molecule has 3 heterocycles. The molecular weight excluding hydrogens is 876 g/mol. The topological polar surface area (TPSA) is 17.0 Å². The number of hydrogen-bond acceptors (Lipinski definition) is 2. The van der Waals surface area contributed by atoms with Crippen molar-refractivity contribution in [1.82, 2.24) is 4.57 Å². The second kappa shape index (κ2) is 15.6. The SMILES string of the molecule is Cc1ccc(Nc2cc3sc4cc5c(cc4c3cc2-c2cc(C(c3ccccc3)c3ccccc3)c3c4cc6c(cc4n4c3c2[B]c2cc(C)ccc2-4)C(C)(C)CCC6(C)C)C(C)(C)CCC5(C)C)cc1. The maximum atomic E-state index is 4.06. The number of aryl methyl sites for hydroxylation is 2. The average molecular weight is 940 g/mol. The fourth-order valence-corrected chi connectivity index (χ4v) is 14.3. The monoisotopic (exact) mass is 939 g/mol. The van der Waals surface area contributed by atoms with Crippen LogP contribution >= 0.6 is 11.3 Å². The molecule has 0 bridgehead atoms. The molecule has 2 nitrogen and oxygen atoms in total. The molecule has 0 saturated carbocycles. The van der Waals surface area contributed by atoms with Crippen LogP contribution in [0.5, 0.6) is 0 Å². The molecule has 1 aliphatic heterocycles. The first-order chi connectivity index (χ1) is 34.0. The van der Waals surface area contributed by atoms with Gasteiger partial charge in [-0.2, -0.15) is 0 Å². The molecule has 0 unspecified atom stereocenters. The second-order valence-electron chi connectivity index (χ2n) is 24.3. The first kappa shape index (κ1) is 44.6. The van der Waals surface area contributed by atoms with Crippen LogP contribution in [0.4, 0.5) is 11.4 Å². The Hall–Kier alpha value is -6.36. The third-order valence-corrected chi connectivity index (χ3v) is 18.7. The molecule has 0 spiro atoms. The van der Waals surface area contributed by atoms with Crippen molar-refractivity contribution in [2.75, 3.05) is 5.32 Å². The van der Waals surface area contributed by atoms with Crippen LogP contribution in [0.2, 0.25) is 0 Å². The van der Waals surface area contributed by atoms with Gasteiger partial charge in [-0.1, -0.05) is 157 Å². The van der Waals surface area contributed by atoms with Crippen molar-refractivity contribution in [3.8, 4) is 16.8 Å². The molecule has 1 N–H and O–H groups in total. The molecule has 10 aromatic rings. The van der Waals surface area contributed by atoms with Gasteiger partial charge in [-0.25, -0.2) is 0 Å². The number of rotatable bonds is 6. The number of nitrogens with one attached hydrogen (secondary N) is 1. The fraction of sp³-hybridized carbons (Fsp3) is 0.284. The van der Waals surface area contributed by atoms with Crippen LogP contribution in [0.15, 0.2) is 146 Å². The predicted octanol–water partition coefficient (Wildman–Crippen LogP) is 17.0. The van der Waals surface area contributed by atoms with Gasteiger partial charge in [0.1, 0.15) is 0 Å². The van der Waals surface area contributed by atoms with Crippen molar-refractivity contribution in [1.29, 1.82) is 0 Å². The van der Waals surface area contributed by atoms with Crippen LogP contribution in [0.25, 0.3) is 58.8 Å². The molecule has 71 heavy (non-hydrogen) atoms. The smallest absolute Gasteiger partial charge is 0.197 e. The molecular formula is C67H64BN2S. The number of benzene rings is 8. The summed E-state index contributed by atoms with van der Waals surface area (Å²) in [5, 5.41) is 9.46. The van der Waals surface area contributed by atoms with Gasteiger partial charge in [0, 0.05) is 65.0 Å². The zero-order chi connectivity index (χ0) is 48.9. The van der Waals surface area contributed by atoms with E-state index in [0.717, 1.165) is 11.4 Å². The van der Waals surface area contributed by atoms with Gasteiger partial charge in [-0.15, -0.1) is 11.3 Å². The zero-order valence-corrected chi connectivity index (χ0v) is 44.0. The summed E-state index contributed by atoms with van der Waals surface area (Å²) >= 11 is 1.95. The lowest BCUT2D eigenvalue weighted by atomic mass is 9.58. The Kier molecular flexibility index (Phi) is 9.78.